The van der Waals surface area contributed by atoms with E-state index in [1.807, 2.05) is 19.0 Å². The molecule has 0 radical (unpaired) electrons. The molecule has 1 unspecified atom stereocenters. The molecule has 0 saturated heterocycles. The summed E-state index contributed by atoms with van der Waals surface area (Å²) in [4.78, 5) is 2.00. The normalized spacial score (nSPS) is 12.9. The Morgan fingerprint density at radius 3 is 2.81 bits per heavy atom. The van der Waals surface area contributed by atoms with E-state index in [-0.39, 0.29) is 10.6 Å². The third-order valence-electron chi connectivity index (χ3n) is 3.12. The maximum absolute atomic E-state index is 14.0. The van der Waals surface area contributed by atoms with Crippen LogP contribution in [0.1, 0.15) is 17.4 Å². The van der Waals surface area contributed by atoms with Crippen molar-refractivity contribution in [1.29, 1.82) is 0 Å². The number of rotatable bonds is 5. The van der Waals surface area contributed by atoms with Crippen LogP contribution >= 0.6 is 27.5 Å². The summed E-state index contributed by atoms with van der Waals surface area (Å²) in [7, 11) is 3.89. The van der Waals surface area contributed by atoms with E-state index in [0.29, 0.717) is 16.7 Å². The van der Waals surface area contributed by atoms with Crippen molar-refractivity contribution < 1.29 is 9.50 Å². The predicted molar refractivity (Wildman–Crippen MR) is 84.0 cm³/mol. The first-order chi connectivity index (χ1) is 9.91. The molecule has 1 N–H and O–H groups in total. The van der Waals surface area contributed by atoms with Gasteiger partial charge in [0.1, 0.15) is 11.9 Å². The Morgan fingerprint density at radius 2 is 2.19 bits per heavy atom. The van der Waals surface area contributed by atoms with Crippen molar-refractivity contribution >= 4 is 27.5 Å². The van der Waals surface area contributed by atoms with Gasteiger partial charge in [-0.05, 0) is 42.2 Å². The lowest BCUT2D eigenvalue weighted by molar-refractivity contribution is 0.200. The van der Waals surface area contributed by atoms with Crippen molar-refractivity contribution in [1.82, 2.24) is 14.7 Å². The fraction of sp³-hybridized carbons (Fsp3) is 0.357. The van der Waals surface area contributed by atoms with Crippen molar-refractivity contribution in [3.05, 3.63) is 51.0 Å². The Hall–Kier alpha value is -0.950. The van der Waals surface area contributed by atoms with Crippen LogP contribution in [-0.2, 0) is 6.54 Å². The van der Waals surface area contributed by atoms with E-state index in [1.54, 1.807) is 16.9 Å². The number of hydrogen-bond acceptors (Lipinski definition) is 3. The molecule has 1 heterocycles. The van der Waals surface area contributed by atoms with Crippen molar-refractivity contribution in [3.8, 4) is 0 Å². The Balaban J connectivity index is 2.39. The van der Waals surface area contributed by atoms with Crippen LogP contribution in [0.4, 0.5) is 4.39 Å². The van der Waals surface area contributed by atoms with Gasteiger partial charge in [0, 0.05) is 17.1 Å². The lowest BCUT2D eigenvalue weighted by Gasteiger charge is -2.17. The fourth-order valence-corrected chi connectivity index (χ4v) is 2.80. The van der Waals surface area contributed by atoms with Gasteiger partial charge < -0.3 is 10.0 Å². The second-order valence-corrected chi connectivity index (χ2v) is 6.20. The molecule has 1 aromatic carbocycles. The summed E-state index contributed by atoms with van der Waals surface area (Å²) in [6, 6.07) is 4.34. The standard InChI is InChI=1S/C14H16BrClFN3O/c1-19(2)6-7-20-13(9(15)8-18-20)14(21)12-10(16)4-3-5-11(12)17/h3-5,8,14,21H,6-7H2,1-2H3. The molecule has 0 aliphatic rings. The van der Waals surface area contributed by atoms with Crippen LogP contribution in [0.2, 0.25) is 5.02 Å². The Kier molecular flexibility index (Phi) is 5.37. The molecule has 4 nitrogen and oxygen atoms in total. The van der Waals surface area contributed by atoms with E-state index >= 15 is 0 Å². The number of hydrogen-bond donors (Lipinski definition) is 1. The smallest absolute Gasteiger partial charge is 0.130 e. The highest BCUT2D eigenvalue weighted by Crippen LogP contribution is 2.33. The third-order valence-corrected chi connectivity index (χ3v) is 4.06. The van der Waals surface area contributed by atoms with Crippen molar-refractivity contribution in [2.75, 3.05) is 20.6 Å². The van der Waals surface area contributed by atoms with Gasteiger partial charge in [0.25, 0.3) is 0 Å². The Morgan fingerprint density at radius 1 is 1.48 bits per heavy atom. The monoisotopic (exact) mass is 375 g/mol. The minimum absolute atomic E-state index is 0.0615. The highest BCUT2D eigenvalue weighted by molar-refractivity contribution is 9.10. The summed E-state index contributed by atoms with van der Waals surface area (Å²) in [5, 5.41) is 14.9. The van der Waals surface area contributed by atoms with Gasteiger partial charge in [-0.25, -0.2) is 4.39 Å². The zero-order valence-corrected chi connectivity index (χ0v) is 14.1. The van der Waals surface area contributed by atoms with Gasteiger partial charge in [-0.15, -0.1) is 0 Å². The van der Waals surface area contributed by atoms with E-state index < -0.39 is 11.9 Å². The van der Waals surface area contributed by atoms with Gasteiger partial charge in [0.2, 0.25) is 0 Å². The highest BCUT2D eigenvalue weighted by atomic mass is 79.9. The van der Waals surface area contributed by atoms with Crippen LogP contribution in [0.3, 0.4) is 0 Å². The van der Waals surface area contributed by atoms with Crippen LogP contribution in [0.5, 0.6) is 0 Å². The molecule has 1 atom stereocenters. The van der Waals surface area contributed by atoms with E-state index in [9.17, 15) is 9.50 Å². The van der Waals surface area contributed by atoms with E-state index in [4.69, 9.17) is 11.6 Å². The zero-order chi connectivity index (χ0) is 15.6. The maximum atomic E-state index is 14.0. The first-order valence-corrected chi connectivity index (χ1v) is 7.56. The largest absolute Gasteiger partial charge is 0.382 e. The molecule has 0 saturated carbocycles. The average molecular weight is 377 g/mol. The van der Waals surface area contributed by atoms with Gasteiger partial charge in [-0.3, -0.25) is 4.68 Å². The lowest BCUT2D eigenvalue weighted by atomic mass is 10.1. The second kappa shape index (κ2) is 6.87. The van der Waals surface area contributed by atoms with Gasteiger partial charge in [0.15, 0.2) is 0 Å². The first kappa shape index (κ1) is 16.4. The summed E-state index contributed by atoms with van der Waals surface area (Å²) < 4.78 is 16.2. The molecule has 0 spiro atoms. The van der Waals surface area contributed by atoms with Gasteiger partial charge >= 0.3 is 0 Å². The molecule has 7 heteroatoms. The summed E-state index contributed by atoms with van der Waals surface area (Å²) in [5.74, 6) is -0.540. The molecule has 0 amide bonds. The molecular weight excluding hydrogens is 361 g/mol. The Bertz CT molecular complexity index is 612. The Labute approximate surface area is 136 Å². The van der Waals surface area contributed by atoms with Crippen LogP contribution < -0.4 is 0 Å². The first-order valence-electron chi connectivity index (χ1n) is 6.39. The number of nitrogens with zero attached hydrogens (tertiary/aromatic N) is 3. The summed E-state index contributed by atoms with van der Waals surface area (Å²) in [6.07, 6.45) is 0.404. The molecule has 0 aliphatic carbocycles. The number of halogens is 3. The molecular formula is C14H16BrClFN3O. The molecule has 1 aromatic heterocycles. The number of aliphatic hydroxyl groups is 1. The summed E-state index contributed by atoms with van der Waals surface area (Å²) in [6.45, 7) is 1.33. The molecule has 114 valence electrons. The third kappa shape index (κ3) is 3.63. The SMILES string of the molecule is CN(C)CCn1ncc(Br)c1C(O)c1c(F)cccc1Cl. The quantitative estimate of drug-likeness (QED) is 0.872. The van der Waals surface area contributed by atoms with Gasteiger partial charge in [0.05, 0.1) is 22.9 Å². The van der Waals surface area contributed by atoms with Gasteiger partial charge in [-0.1, -0.05) is 17.7 Å². The molecule has 2 aromatic rings. The van der Waals surface area contributed by atoms with Crippen LogP contribution in [-0.4, -0.2) is 40.4 Å². The predicted octanol–water partition coefficient (Wildman–Crippen LogP) is 3.08. The van der Waals surface area contributed by atoms with E-state index in [1.165, 1.54) is 12.1 Å². The zero-order valence-electron chi connectivity index (χ0n) is 11.7. The second-order valence-electron chi connectivity index (χ2n) is 4.94. The average Bonchev–Trinajstić information content (AvgIpc) is 2.77. The van der Waals surface area contributed by atoms with Crippen LogP contribution in [0, 0.1) is 5.82 Å². The number of benzene rings is 1. The van der Waals surface area contributed by atoms with Crippen molar-refractivity contribution in [2.45, 2.75) is 12.6 Å². The lowest BCUT2D eigenvalue weighted by Crippen LogP contribution is -2.21. The molecule has 0 fully saturated rings. The highest BCUT2D eigenvalue weighted by Gasteiger charge is 2.24. The van der Waals surface area contributed by atoms with Gasteiger partial charge in [-0.2, -0.15) is 5.10 Å². The fourth-order valence-electron chi connectivity index (χ4n) is 2.03. The maximum Gasteiger partial charge on any atom is 0.130 e. The molecule has 2 rings (SSSR count). The number of likely N-dealkylation sites (N-methyl/N-ethyl adjacent to an activating group) is 1. The van der Waals surface area contributed by atoms with E-state index in [0.717, 1.165) is 6.54 Å². The molecule has 0 bridgehead atoms. The minimum Gasteiger partial charge on any atom is -0.382 e. The van der Waals surface area contributed by atoms with Crippen molar-refractivity contribution in [2.24, 2.45) is 0 Å². The molecule has 0 aliphatic heterocycles. The summed E-state index contributed by atoms with van der Waals surface area (Å²) in [5.41, 5.74) is 0.551. The summed E-state index contributed by atoms with van der Waals surface area (Å²) >= 11 is 9.37. The molecule has 21 heavy (non-hydrogen) atoms. The number of aromatic nitrogens is 2. The topological polar surface area (TPSA) is 41.3 Å². The van der Waals surface area contributed by atoms with E-state index in [2.05, 4.69) is 21.0 Å². The van der Waals surface area contributed by atoms with Crippen LogP contribution in [0.25, 0.3) is 0 Å². The minimum atomic E-state index is -1.18. The van der Waals surface area contributed by atoms with Crippen molar-refractivity contribution in [3.63, 3.8) is 0 Å². The number of aliphatic hydroxyl groups excluding tert-OH is 1. The van der Waals surface area contributed by atoms with Crippen LogP contribution in [0.15, 0.2) is 28.9 Å².